The summed E-state index contributed by atoms with van der Waals surface area (Å²) in [5.41, 5.74) is 0.510. The molecule has 0 spiro atoms. The summed E-state index contributed by atoms with van der Waals surface area (Å²) >= 11 is 1.56. The van der Waals surface area contributed by atoms with Gasteiger partial charge in [0.05, 0.1) is 10.9 Å². The molecule has 1 atom stereocenters. The van der Waals surface area contributed by atoms with Crippen molar-refractivity contribution in [2.24, 2.45) is 0 Å². The third-order valence-corrected chi connectivity index (χ3v) is 5.63. The van der Waals surface area contributed by atoms with Crippen molar-refractivity contribution >= 4 is 17.2 Å². The number of piperazine rings is 1. The van der Waals surface area contributed by atoms with Gasteiger partial charge in [0.25, 0.3) is 11.8 Å². The summed E-state index contributed by atoms with van der Waals surface area (Å²) in [6.45, 7) is 4.66. The Balaban J connectivity index is 1.37. The summed E-state index contributed by atoms with van der Waals surface area (Å²) in [6, 6.07) is 9.55. The van der Waals surface area contributed by atoms with Gasteiger partial charge in [-0.05, 0) is 42.6 Å². The molecule has 27 heavy (non-hydrogen) atoms. The zero-order valence-corrected chi connectivity index (χ0v) is 15.7. The van der Waals surface area contributed by atoms with Gasteiger partial charge in [-0.15, -0.1) is 21.5 Å². The van der Waals surface area contributed by atoms with Crippen LogP contribution >= 0.6 is 11.3 Å². The first-order chi connectivity index (χ1) is 13.1. The summed E-state index contributed by atoms with van der Waals surface area (Å²) in [4.78, 5) is 17.5. The second kappa shape index (κ2) is 7.58. The number of rotatable bonds is 4. The topological polar surface area (TPSA) is 62.5 Å². The summed E-state index contributed by atoms with van der Waals surface area (Å²) < 4.78 is 18.9. The monoisotopic (exact) mass is 386 g/mol. The third-order valence-electron chi connectivity index (χ3n) is 4.77. The highest BCUT2D eigenvalue weighted by Gasteiger charge is 2.28. The van der Waals surface area contributed by atoms with Gasteiger partial charge in [-0.1, -0.05) is 6.07 Å². The molecule has 6 nitrogen and oxygen atoms in total. The maximum absolute atomic E-state index is 13.0. The van der Waals surface area contributed by atoms with Gasteiger partial charge in [0, 0.05) is 31.7 Å². The molecule has 1 aliphatic heterocycles. The predicted octanol–water partition coefficient (Wildman–Crippen LogP) is 3.46. The number of hydrogen-bond donors (Lipinski definition) is 0. The standard InChI is InChI=1S/C19H19FN4O2S/c1-13(17-21-22-18(26-17)16-3-2-12-27-16)23-8-10-24(11-9-23)19(25)14-4-6-15(20)7-5-14/h2-7,12-13H,8-11H2,1H3/t13-/m1/s1. The van der Waals surface area contributed by atoms with E-state index in [2.05, 4.69) is 15.1 Å². The van der Waals surface area contributed by atoms with Crippen LogP contribution in [0.1, 0.15) is 29.2 Å². The second-order valence-corrected chi connectivity index (χ2v) is 7.38. The fraction of sp³-hybridized carbons (Fsp3) is 0.316. The highest BCUT2D eigenvalue weighted by molar-refractivity contribution is 7.13. The highest BCUT2D eigenvalue weighted by Crippen LogP contribution is 2.27. The molecule has 1 aliphatic rings. The number of thiophene rings is 1. The van der Waals surface area contributed by atoms with Gasteiger partial charge in [-0.2, -0.15) is 0 Å². The molecule has 1 saturated heterocycles. The van der Waals surface area contributed by atoms with Crippen molar-refractivity contribution < 1.29 is 13.6 Å². The van der Waals surface area contributed by atoms with Gasteiger partial charge in [0.2, 0.25) is 5.89 Å². The van der Waals surface area contributed by atoms with E-state index in [1.807, 2.05) is 24.4 Å². The van der Waals surface area contributed by atoms with E-state index < -0.39 is 0 Å². The first-order valence-electron chi connectivity index (χ1n) is 8.78. The summed E-state index contributed by atoms with van der Waals surface area (Å²) in [6.07, 6.45) is 0. The predicted molar refractivity (Wildman–Crippen MR) is 99.9 cm³/mol. The molecule has 0 N–H and O–H groups in total. The fourth-order valence-corrected chi connectivity index (χ4v) is 3.79. The van der Waals surface area contributed by atoms with Crippen molar-refractivity contribution in [2.45, 2.75) is 13.0 Å². The zero-order chi connectivity index (χ0) is 18.8. The van der Waals surface area contributed by atoms with Crippen LogP contribution in [0.15, 0.2) is 46.2 Å². The Labute approximate surface area is 160 Å². The zero-order valence-electron chi connectivity index (χ0n) is 14.8. The Morgan fingerprint density at radius 1 is 1.15 bits per heavy atom. The van der Waals surface area contributed by atoms with E-state index in [-0.39, 0.29) is 17.8 Å². The molecule has 0 radical (unpaired) electrons. The molecule has 3 heterocycles. The number of carbonyl (C=O) groups is 1. The van der Waals surface area contributed by atoms with E-state index in [0.29, 0.717) is 43.5 Å². The minimum atomic E-state index is -0.341. The molecule has 8 heteroatoms. The van der Waals surface area contributed by atoms with Crippen LogP contribution in [-0.2, 0) is 0 Å². The lowest BCUT2D eigenvalue weighted by atomic mass is 10.1. The van der Waals surface area contributed by atoms with E-state index in [0.717, 1.165) is 4.88 Å². The molecule has 0 saturated carbocycles. The van der Waals surface area contributed by atoms with E-state index in [9.17, 15) is 9.18 Å². The molecule has 0 bridgehead atoms. The Kier molecular flexibility index (Phi) is 5.00. The van der Waals surface area contributed by atoms with Crippen LogP contribution < -0.4 is 0 Å². The first kappa shape index (κ1) is 17.8. The summed E-state index contributed by atoms with van der Waals surface area (Å²) in [5, 5.41) is 10.3. The number of carbonyl (C=O) groups excluding carboxylic acids is 1. The Hall–Kier alpha value is -2.58. The molecule has 3 aromatic rings. The number of nitrogens with zero attached hydrogens (tertiary/aromatic N) is 4. The average molecular weight is 386 g/mol. The van der Waals surface area contributed by atoms with Crippen molar-refractivity contribution in [3.63, 3.8) is 0 Å². The number of benzene rings is 1. The second-order valence-electron chi connectivity index (χ2n) is 6.43. The van der Waals surface area contributed by atoms with E-state index in [4.69, 9.17) is 4.42 Å². The van der Waals surface area contributed by atoms with Crippen molar-refractivity contribution in [3.05, 3.63) is 59.0 Å². The maximum atomic E-state index is 13.0. The van der Waals surface area contributed by atoms with Crippen LogP contribution in [0.3, 0.4) is 0 Å². The Bertz CT molecular complexity index is 902. The van der Waals surface area contributed by atoms with E-state index in [1.54, 1.807) is 16.2 Å². The Morgan fingerprint density at radius 2 is 1.89 bits per heavy atom. The highest BCUT2D eigenvalue weighted by atomic mass is 32.1. The molecule has 1 amide bonds. The van der Waals surface area contributed by atoms with Crippen molar-refractivity contribution in [1.82, 2.24) is 20.0 Å². The Morgan fingerprint density at radius 3 is 2.56 bits per heavy atom. The molecule has 2 aromatic heterocycles. The normalized spacial score (nSPS) is 16.4. The number of amides is 1. The molecule has 1 aromatic carbocycles. The third kappa shape index (κ3) is 3.77. The van der Waals surface area contributed by atoms with Gasteiger partial charge in [-0.25, -0.2) is 4.39 Å². The average Bonchev–Trinajstić information content (AvgIpc) is 3.39. The van der Waals surface area contributed by atoms with Crippen LogP contribution in [0.4, 0.5) is 4.39 Å². The van der Waals surface area contributed by atoms with Gasteiger partial charge < -0.3 is 9.32 Å². The number of hydrogen-bond acceptors (Lipinski definition) is 6. The van der Waals surface area contributed by atoms with Crippen molar-refractivity contribution in [3.8, 4) is 10.8 Å². The van der Waals surface area contributed by atoms with Crippen LogP contribution in [0, 0.1) is 5.82 Å². The lowest BCUT2D eigenvalue weighted by molar-refractivity contribution is 0.0559. The summed E-state index contributed by atoms with van der Waals surface area (Å²) in [5.74, 6) is 0.709. The minimum absolute atomic E-state index is 0.0192. The quantitative estimate of drug-likeness (QED) is 0.687. The van der Waals surface area contributed by atoms with Crippen molar-refractivity contribution in [2.75, 3.05) is 26.2 Å². The molecule has 1 fully saturated rings. The van der Waals surface area contributed by atoms with Crippen LogP contribution in [0.5, 0.6) is 0 Å². The van der Waals surface area contributed by atoms with E-state index in [1.165, 1.54) is 24.3 Å². The van der Waals surface area contributed by atoms with Crippen LogP contribution in [-0.4, -0.2) is 52.1 Å². The molecule has 4 rings (SSSR count). The minimum Gasteiger partial charge on any atom is -0.418 e. The van der Waals surface area contributed by atoms with Gasteiger partial charge in [-0.3, -0.25) is 9.69 Å². The lowest BCUT2D eigenvalue weighted by Crippen LogP contribution is -2.49. The largest absolute Gasteiger partial charge is 0.418 e. The number of halogens is 1. The fourth-order valence-electron chi connectivity index (χ4n) is 3.15. The van der Waals surface area contributed by atoms with Crippen LogP contribution in [0.2, 0.25) is 0 Å². The number of aromatic nitrogens is 2. The molecule has 140 valence electrons. The van der Waals surface area contributed by atoms with Gasteiger partial charge in [0.15, 0.2) is 0 Å². The lowest BCUT2D eigenvalue weighted by Gasteiger charge is -2.36. The maximum Gasteiger partial charge on any atom is 0.257 e. The molecular weight excluding hydrogens is 367 g/mol. The van der Waals surface area contributed by atoms with Crippen molar-refractivity contribution in [1.29, 1.82) is 0 Å². The molecule has 0 unspecified atom stereocenters. The smallest absolute Gasteiger partial charge is 0.257 e. The van der Waals surface area contributed by atoms with Gasteiger partial charge >= 0.3 is 0 Å². The molecular formula is C19H19FN4O2S. The van der Waals surface area contributed by atoms with Gasteiger partial charge in [0.1, 0.15) is 5.82 Å². The summed E-state index contributed by atoms with van der Waals surface area (Å²) in [7, 11) is 0. The molecule has 0 aliphatic carbocycles. The first-order valence-corrected chi connectivity index (χ1v) is 9.66. The van der Waals surface area contributed by atoms with Crippen LogP contribution in [0.25, 0.3) is 10.8 Å². The SMILES string of the molecule is C[C@H](c1nnc(-c2cccs2)o1)N1CCN(C(=O)c2ccc(F)cc2)CC1. The van der Waals surface area contributed by atoms with E-state index >= 15 is 0 Å².